The van der Waals surface area contributed by atoms with Crippen LogP contribution >= 0.6 is 0 Å². The number of allylic oxidation sites excluding steroid dienone is 2. The Morgan fingerprint density at radius 1 is 1.04 bits per heavy atom. The van der Waals surface area contributed by atoms with Crippen LogP contribution in [0.1, 0.15) is 52.4 Å². The molecule has 0 aromatic heterocycles. The van der Waals surface area contributed by atoms with Crippen molar-refractivity contribution in [2.75, 3.05) is 6.61 Å². The summed E-state index contributed by atoms with van der Waals surface area (Å²) in [5, 5.41) is 0. The summed E-state index contributed by atoms with van der Waals surface area (Å²) < 4.78 is 11.5. The first kappa shape index (κ1) is 18.4. The normalized spacial score (nSPS) is 45.1. The van der Waals surface area contributed by atoms with E-state index in [1.165, 1.54) is 6.42 Å². The molecule has 3 atom stereocenters. The van der Waals surface area contributed by atoms with Gasteiger partial charge in [-0.1, -0.05) is 26.0 Å². The van der Waals surface area contributed by atoms with E-state index in [0.717, 1.165) is 37.5 Å². The molecule has 0 aromatic carbocycles. The summed E-state index contributed by atoms with van der Waals surface area (Å²) in [7, 11) is 0. The lowest BCUT2D eigenvalue weighted by atomic mass is 9.47. The summed E-state index contributed by atoms with van der Waals surface area (Å²) in [6.07, 6.45) is 10.2. The molecule has 5 nitrogen and oxygen atoms in total. The van der Waals surface area contributed by atoms with Gasteiger partial charge in [-0.05, 0) is 68.1 Å². The van der Waals surface area contributed by atoms with E-state index in [1.807, 2.05) is 12.2 Å². The Morgan fingerprint density at radius 3 is 2.18 bits per heavy atom. The molecule has 0 saturated heterocycles. The van der Waals surface area contributed by atoms with Gasteiger partial charge in [0.25, 0.3) is 0 Å². The van der Waals surface area contributed by atoms with Crippen molar-refractivity contribution in [3.05, 3.63) is 12.2 Å². The van der Waals surface area contributed by atoms with Crippen molar-refractivity contribution in [1.82, 2.24) is 0 Å². The van der Waals surface area contributed by atoms with E-state index in [0.29, 0.717) is 18.3 Å². The van der Waals surface area contributed by atoms with Crippen LogP contribution in [-0.2, 0) is 23.9 Å². The van der Waals surface area contributed by atoms with Gasteiger partial charge in [-0.15, -0.1) is 0 Å². The largest absolute Gasteiger partial charge is 0.456 e. The van der Waals surface area contributed by atoms with E-state index in [-0.39, 0.29) is 30.1 Å². The minimum atomic E-state index is -0.439. The topological polar surface area (TPSA) is 69.7 Å². The van der Waals surface area contributed by atoms with Gasteiger partial charge in [-0.25, -0.2) is 4.79 Å². The standard InChI is InChI=1S/C23H30O5/c1-12(2)23(16-6-13-5-14(8-16)9-17(23)7-13)28-20(24)11-27-22(26)19-10-15-3-4-18(19)21(15)25/h3-4,12-19H,5-11H2,1-2H3. The van der Waals surface area contributed by atoms with Crippen LogP contribution in [0.25, 0.3) is 0 Å². The molecule has 0 aromatic rings. The summed E-state index contributed by atoms with van der Waals surface area (Å²) in [5.74, 6) is 1.04. The Morgan fingerprint density at radius 2 is 1.68 bits per heavy atom. The fraction of sp³-hybridized carbons (Fsp3) is 0.783. The van der Waals surface area contributed by atoms with Crippen molar-refractivity contribution in [1.29, 1.82) is 0 Å². The lowest BCUT2D eigenvalue weighted by molar-refractivity contribution is -0.227. The minimum absolute atomic E-state index is 0.108. The number of esters is 2. The summed E-state index contributed by atoms with van der Waals surface area (Å²) in [6.45, 7) is 3.98. The van der Waals surface area contributed by atoms with Crippen molar-refractivity contribution in [3.63, 3.8) is 0 Å². The van der Waals surface area contributed by atoms with Crippen LogP contribution in [0.15, 0.2) is 12.2 Å². The molecule has 6 bridgehead atoms. The van der Waals surface area contributed by atoms with Gasteiger partial charge in [-0.3, -0.25) is 9.59 Å². The van der Waals surface area contributed by atoms with Gasteiger partial charge in [-0.2, -0.15) is 0 Å². The zero-order chi connectivity index (χ0) is 19.6. The van der Waals surface area contributed by atoms with Gasteiger partial charge in [0.15, 0.2) is 6.61 Å². The van der Waals surface area contributed by atoms with Crippen LogP contribution < -0.4 is 0 Å². The quantitative estimate of drug-likeness (QED) is 0.536. The number of carbonyl (C=O) groups is 3. The Kier molecular flexibility index (Phi) is 4.22. The van der Waals surface area contributed by atoms with Crippen molar-refractivity contribution >= 4 is 17.7 Å². The highest BCUT2D eigenvalue weighted by atomic mass is 16.6. The monoisotopic (exact) mass is 386 g/mol. The molecule has 0 heterocycles. The van der Waals surface area contributed by atoms with Crippen molar-refractivity contribution in [2.24, 2.45) is 47.3 Å². The van der Waals surface area contributed by atoms with Crippen LogP contribution in [0.3, 0.4) is 0 Å². The molecule has 6 rings (SSSR count). The van der Waals surface area contributed by atoms with Crippen LogP contribution in [0.2, 0.25) is 0 Å². The second kappa shape index (κ2) is 6.43. The first-order chi connectivity index (χ1) is 13.4. The maximum atomic E-state index is 12.7. The predicted octanol–water partition coefficient (Wildman–Crippen LogP) is 3.31. The molecular weight excluding hydrogens is 356 g/mol. The number of fused-ring (bicyclic) bond motifs is 2. The Hall–Kier alpha value is -1.65. The molecule has 5 heteroatoms. The molecule has 28 heavy (non-hydrogen) atoms. The van der Waals surface area contributed by atoms with Gasteiger partial charge in [0.1, 0.15) is 11.4 Å². The average molecular weight is 386 g/mol. The fourth-order valence-electron chi connectivity index (χ4n) is 7.49. The number of carbonyl (C=O) groups excluding carboxylic acids is 3. The van der Waals surface area contributed by atoms with E-state index < -0.39 is 23.5 Å². The summed E-state index contributed by atoms with van der Waals surface area (Å²) >= 11 is 0. The summed E-state index contributed by atoms with van der Waals surface area (Å²) in [4.78, 5) is 37.1. The lowest BCUT2D eigenvalue weighted by Gasteiger charge is -2.61. The molecule has 6 aliphatic carbocycles. The van der Waals surface area contributed by atoms with Gasteiger partial charge in [0.2, 0.25) is 0 Å². The van der Waals surface area contributed by atoms with Crippen LogP contribution in [0, 0.1) is 47.3 Å². The molecule has 0 spiro atoms. The van der Waals surface area contributed by atoms with Crippen LogP contribution in [-0.4, -0.2) is 29.9 Å². The van der Waals surface area contributed by atoms with E-state index in [9.17, 15) is 14.4 Å². The summed E-state index contributed by atoms with van der Waals surface area (Å²) in [5.41, 5.74) is -0.401. The second-order valence-electron chi connectivity index (χ2n) is 10.2. The molecule has 152 valence electrons. The van der Waals surface area contributed by atoms with Gasteiger partial charge < -0.3 is 9.47 Å². The third-order valence-electron chi connectivity index (χ3n) is 8.43. The zero-order valence-corrected chi connectivity index (χ0v) is 16.8. The van der Waals surface area contributed by atoms with Gasteiger partial charge >= 0.3 is 11.9 Å². The molecule has 0 amide bonds. The molecule has 0 N–H and O–H groups in total. The highest BCUT2D eigenvalue weighted by molar-refractivity contribution is 5.97. The number of hydrogen-bond acceptors (Lipinski definition) is 5. The highest BCUT2D eigenvalue weighted by Crippen LogP contribution is 2.61. The van der Waals surface area contributed by atoms with E-state index in [2.05, 4.69) is 13.8 Å². The zero-order valence-electron chi connectivity index (χ0n) is 16.8. The van der Waals surface area contributed by atoms with E-state index in [1.54, 1.807) is 0 Å². The molecule has 0 aliphatic heterocycles. The maximum Gasteiger partial charge on any atom is 0.344 e. The Bertz CT molecular complexity index is 707. The third kappa shape index (κ3) is 2.61. The third-order valence-corrected chi connectivity index (χ3v) is 8.43. The van der Waals surface area contributed by atoms with E-state index in [4.69, 9.17) is 9.47 Å². The van der Waals surface area contributed by atoms with Gasteiger partial charge in [0, 0.05) is 11.8 Å². The predicted molar refractivity (Wildman–Crippen MR) is 101 cm³/mol. The molecule has 5 fully saturated rings. The van der Waals surface area contributed by atoms with E-state index >= 15 is 0 Å². The highest BCUT2D eigenvalue weighted by Gasteiger charge is 2.60. The first-order valence-electron chi connectivity index (χ1n) is 11.0. The van der Waals surface area contributed by atoms with Crippen molar-refractivity contribution in [2.45, 2.75) is 58.0 Å². The molecule has 3 unspecified atom stereocenters. The van der Waals surface area contributed by atoms with Crippen molar-refractivity contribution in [3.8, 4) is 0 Å². The molecule has 5 saturated carbocycles. The minimum Gasteiger partial charge on any atom is -0.456 e. The summed E-state index contributed by atoms with van der Waals surface area (Å²) in [6, 6.07) is 0. The van der Waals surface area contributed by atoms with Crippen molar-refractivity contribution < 1.29 is 23.9 Å². The number of rotatable bonds is 5. The number of ether oxygens (including phenoxy) is 2. The fourth-order valence-corrected chi connectivity index (χ4v) is 7.49. The lowest BCUT2D eigenvalue weighted by Crippen LogP contribution is -2.62. The molecule has 6 aliphatic rings. The Balaban J connectivity index is 1.23. The molecule has 0 radical (unpaired) electrons. The number of Topliss-reactive ketones (excluding diaryl/α,β-unsaturated/α-hetero) is 1. The second-order valence-corrected chi connectivity index (χ2v) is 10.2. The number of ketones is 1. The number of hydrogen-bond donors (Lipinski definition) is 0. The maximum absolute atomic E-state index is 12.7. The van der Waals surface area contributed by atoms with Crippen LogP contribution in [0.5, 0.6) is 0 Å². The molecular formula is C23H30O5. The smallest absolute Gasteiger partial charge is 0.344 e. The SMILES string of the molecule is CC(C)C1(OC(=O)COC(=O)C2CC3C=CC2C3=O)C2CC3CC(C2)CC1C3. The van der Waals surface area contributed by atoms with Crippen LogP contribution in [0.4, 0.5) is 0 Å². The van der Waals surface area contributed by atoms with Gasteiger partial charge in [0.05, 0.1) is 5.92 Å². The Labute approximate surface area is 166 Å². The first-order valence-corrected chi connectivity index (χ1v) is 11.0. The average Bonchev–Trinajstić information content (AvgIpc) is 3.16.